The summed E-state index contributed by atoms with van der Waals surface area (Å²) in [5, 5.41) is 29.7. The van der Waals surface area contributed by atoms with Gasteiger partial charge in [0.25, 0.3) is 0 Å². The summed E-state index contributed by atoms with van der Waals surface area (Å²) in [7, 11) is 0. The fraction of sp³-hybridized carbons (Fsp3) is 1.00. The molecule has 1 unspecified atom stereocenters. The third-order valence-corrected chi connectivity index (χ3v) is 7.75. The molecular formula is C28H54O6. The van der Waals surface area contributed by atoms with Crippen molar-refractivity contribution in [1.29, 1.82) is 0 Å². The van der Waals surface area contributed by atoms with Crippen LogP contribution < -0.4 is 0 Å². The van der Waals surface area contributed by atoms with E-state index in [1.54, 1.807) is 0 Å². The lowest BCUT2D eigenvalue weighted by molar-refractivity contribution is -0.311. The van der Waals surface area contributed by atoms with Crippen molar-refractivity contribution in [2.45, 2.75) is 153 Å². The molecule has 202 valence electrons. The quantitative estimate of drug-likeness (QED) is 0.180. The van der Waals surface area contributed by atoms with Crippen molar-refractivity contribution in [2.24, 2.45) is 0 Å². The highest BCUT2D eigenvalue weighted by molar-refractivity contribution is 5.08. The Morgan fingerprint density at radius 2 is 1.18 bits per heavy atom. The number of aliphatic hydroxyl groups is 3. The van der Waals surface area contributed by atoms with Crippen molar-refractivity contribution in [1.82, 2.24) is 0 Å². The molecular weight excluding hydrogens is 432 g/mol. The summed E-state index contributed by atoms with van der Waals surface area (Å²) in [5.74, 6) is 0. The molecule has 0 aromatic rings. The molecule has 2 rings (SSSR count). The Kier molecular flexibility index (Phi) is 15.9. The smallest absolute Gasteiger partial charge is 0.148 e. The van der Waals surface area contributed by atoms with Crippen LogP contribution in [0.3, 0.4) is 0 Å². The van der Waals surface area contributed by atoms with Crippen LogP contribution in [0.4, 0.5) is 0 Å². The first kappa shape index (κ1) is 30.0. The molecule has 2 saturated heterocycles. The summed E-state index contributed by atoms with van der Waals surface area (Å²) in [6.45, 7) is 3.07. The average Bonchev–Trinajstić information content (AvgIpc) is 3.16. The third-order valence-electron chi connectivity index (χ3n) is 7.75. The average molecular weight is 487 g/mol. The Balaban J connectivity index is 1.34. The van der Waals surface area contributed by atoms with Gasteiger partial charge in [0.2, 0.25) is 0 Å². The Morgan fingerprint density at radius 1 is 0.706 bits per heavy atom. The molecule has 3 N–H and O–H groups in total. The minimum absolute atomic E-state index is 0.0585. The van der Waals surface area contributed by atoms with E-state index in [0.717, 1.165) is 12.8 Å². The van der Waals surface area contributed by atoms with Crippen LogP contribution in [0.2, 0.25) is 0 Å². The normalized spacial score (nSPS) is 28.9. The van der Waals surface area contributed by atoms with E-state index in [1.165, 1.54) is 103 Å². The molecule has 2 aliphatic rings. The van der Waals surface area contributed by atoms with Crippen molar-refractivity contribution in [3.63, 3.8) is 0 Å². The van der Waals surface area contributed by atoms with E-state index >= 15 is 0 Å². The van der Waals surface area contributed by atoms with Crippen molar-refractivity contribution < 1.29 is 29.5 Å². The van der Waals surface area contributed by atoms with Crippen LogP contribution in [-0.2, 0) is 14.2 Å². The highest BCUT2D eigenvalue weighted by Crippen LogP contribution is 2.39. The van der Waals surface area contributed by atoms with Crippen molar-refractivity contribution in [3.8, 4) is 0 Å². The first-order chi connectivity index (χ1) is 16.7. The number of ether oxygens (including phenoxy) is 3. The van der Waals surface area contributed by atoms with Gasteiger partial charge in [-0.3, -0.25) is 0 Å². The topological polar surface area (TPSA) is 88.4 Å². The zero-order valence-electron chi connectivity index (χ0n) is 21.9. The molecule has 0 bridgehead atoms. The second kappa shape index (κ2) is 18.1. The van der Waals surface area contributed by atoms with Gasteiger partial charge in [-0.05, 0) is 6.42 Å². The van der Waals surface area contributed by atoms with Gasteiger partial charge in [-0.2, -0.15) is 0 Å². The number of hydrogen-bond donors (Lipinski definition) is 3. The van der Waals surface area contributed by atoms with E-state index < -0.39 is 23.9 Å². The molecule has 0 aromatic carbocycles. The predicted molar refractivity (Wildman–Crippen MR) is 136 cm³/mol. The highest BCUT2D eigenvalue weighted by Gasteiger charge is 2.60. The largest absolute Gasteiger partial charge is 0.393 e. The lowest BCUT2D eigenvalue weighted by Crippen LogP contribution is -2.70. The van der Waals surface area contributed by atoms with Gasteiger partial charge < -0.3 is 29.5 Å². The summed E-state index contributed by atoms with van der Waals surface area (Å²) in [6.07, 6.45) is 21.3. The molecule has 6 heteroatoms. The maximum Gasteiger partial charge on any atom is 0.148 e. The van der Waals surface area contributed by atoms with Crippen molar-refractivity contribution >= 4 is 0 Å². The molecule has 0 amide bonds. The summed E-state index contributed by atoms with van der Waals surface area (Å²) >= 11 is 0. The van der Waals surface area contributed by atoms with Crippen molar-refractivity contribution in [2.75, 3.05) is 26.4 Å². The van der Waals surface area contributed by atoms with Gasteiger partial charge >= 0.3 is 0 Å². The molecule has 34 heavy (non-hydrogen) atoms. The first-order valence-corrected chi connectivity index (χ1v) is 14.5. The maximum atomic E-state index is 10.1. The molecule has 0 saturated carbocycles. The van der Waals surface area contributed by atoms with Crippen LogP contribution in [0, 0.1) is 0 Å². The van der Waals surface area contributed by atoms with Gasteiger partial charge in [-0.15, -0.1) is 0 Å². The number of aliphatic hydroxyl groups excluding tert-OH is 3. The van der Waals surface area contributed by atoms with E-state index in [9.17, 15) is 15.3 Å². The van der Waals surface area contributed by atoms with Crippen LogP contribution in [0.1, 0.15) is 122 Å². The van der Waals surface area contributed by atoms with Crippen LogP contribution in [-0.4, -0.2) is 71.8 Å². The first-order valence-electron chi connectivity index (χ1n) is 14.5. The van der Waals surface area contributed by atoms with Gasteiger partial charge in [0, 0.05) is 6.61 Å². The highest BCUT2D eigenvalue weighted by atomic mass is 16.6. The summed E-state index contributed by atoms with van der Waals surface area (Å²) in [5.41, 5.74) is -1.05. The second-order valence-corrected chi connectivity index (χ2v) is 10.6. The zero-order chi connectivity index (χ0) is 24.5. The van der Waals surface area contributed by atoms with E-state index in [2.05, 4.69) is 6.92 Å². The molecule has 2 heterocycles. The van der Waals surface area contributed by atoms with E-state index in [4.69, 9.17) is 14.2 Å². The van der Waals surface area contributed by atoms with E-state index in [0.29, 0.717) is 13.2 Å². The fourth-order valence-corrected chi connectivity index (χ4v) is 5.32. The van der Waals surface area contributed by atoms with Crippen LogP contribution in [0.15, 0.2) is 0 Å². The Bertz CT molecular complexity index is 486. The summed E-state index contributed by atoms with van der Waals surface area (Å²) in [4.78, 5) is 0. The fourth-order valence-electron chi connectivity index (χ4n) is 5.32. The zero-order valence-corrected chi connectivity index (χ0v) is 21.9. The molecule has 2 fully saturated rings. The molecule has 0 radical (unpaired) electrons. The van der Waals surface area contributed by atoms with Gasteiger partial charge in [0.15, 0.2) is 0 Å². The van der Waals surface area contributed by atoms with Crippen LogP contribution >= 0.6 is 0 Å². The number of unbranched alkanes of at least 4 members (excludes halogenated alkanes) is 17. The Hall–Kier alpha value is -0.240. The molecule has 0 spiro atoms. The SMILES string of the molecule is CCCCCCCCCCCCCCCCCCCCOC1CO[C@]1(CO)[C@H]1OC[C@H](O)[C@H]1O. The van der Waals surface area contributed by atoms with E-state index in [1.807, 2.05) is 0 Å². The van der Waals surface area contributed by atoms with Gasteiger partial charge in [0.05, 0.1) is 19.8 Å². The Morgan fingerprint density at radius 3 is 1.53 bits per heavy atom. The molecule has 0 aliphatic carbocycles. The molecule has 5 atom stereocenters. The molecule has 6 nitrogen and oxygen atoms in total. The minimum Gasteiger partial charge on any atom is -0.393 e. The van der Waals surface area contributed by atoms with Crippen LogP contribution in [0.5, 0.6) is 0 Å². The van der Waals surface area contributed by atoms with E-state index in [-0.39, 0.29) is 19.3 Å². The standard InChI is InChI=1S/C28H54O6/c1-2-3-4-5-6-7-8-9-10-11-12-13-14-15-16-17-18-19-20-32-25-22-34-28(25,23-29)27-26(31)24(30)21-33-27/h24-27,29-31H,2-23H2,1H3/t24-,25?,26+,27-,28-/m0/s1. The monoisotopic (exact) mass is 486 g/mol. The van der Waals surface area contributed by atoms with Crippen molar-refractivity contribution in [3.05, 3.63) is 0 Å². The van der Waals surface area contributed by atoms with Gasteiger partial charge in [0.1, 0.15) is 30.0 Å². The predicted octanol–water partition coefficient (Wildman–Crippen LogP) is 5.30. The number of hydrogen-bond acceptors (Lipinski definition) is 6. The molecule has 0 aromatic heterocycles. The van der Waals surface area contributed by atoms with Crippen LogP contribution in [0.25, 0.3) is 0 Å². The summed E-state index contributed by atoms with van der Waals surface area (Å²) in [6, 6.07) is 0. The number of rotatable bonds is 22. The van der Waals surface area contributed by atoms with Gasteiger partial charge in [-0.1, -0.05) is 116 Å². The minimum atomic E-state index is -1.05. The maximum absolute atomic E-state index is 10.1. The molecule has 2 aliphatic heterocycles. The lowest BCUT2D eigenvalue weighted by Gasteiger charge is -2.51. The van der Waals surface area contributed by atoms with Gasteiger partial charge in [-0.25, -0.2) is 0 Å². The third kappa shape index (κ3) is 10.0. The summed E-state index contributed by atoms with van der Waals surface area (Å²) < 4.78 is 17.0. The Labute approximate surface area is 208 Å². The second-order valence-electron chi connectivity index (χ2n) is 10.6. The lowest BCUT2D eigenvalue weighted by atomic mass is 9.83.